The SMILES string of the molecule is CCC(C)NC(=O)c1ccc(CSc2nnc(-c3cccc(OC)c3)n2-c2ccccc2F)cc1. The molecule has 8 heteroatoms. The fourth-order valence-corrected chi connectivity index (χ4v) is 4.37. The van der Waals surface area contributed by atoms with Crippen molar-refractivity contribution in [2.45, 2.75) is 37.2 Å². The number of hydrogen-bond acceptors (Lipinski definition) is 5. The third-order valence-corrected chi connectivity index (χ3v) is 6.63. The Kier molecular flexibility index (Phi) is 7.82. The fourth-order valence-electron chi connectivity index (χ4n) is 3.47. The van der Waals surface area contributed by atoms with Gasteiger partial charge >= 0.3 is 0 Å². The van der Waals surface area contributed by atoms with Crippen LogP contribution < -0.4 is 10.1 Å². The third-order valence-electron chi connectivity index (χ3n) is 5.63. The minimum absolute atomic E-state index is 0.0826. The van der Waals surface area contributed by atoms with Crippen molar-refractivity contribution in [1.82, 2.24) is 20.1 Å². The summed E-state index contributed by atoms with van der Waals surface area (Å²) >= 11 is 1.45. The Labute approximate surface area is 208 Å². The number of carbonyl (C=O) groups is 1. The maximum atomic E-state index is 14.8. The molecule has 1 atom stereocenters. The number of para-hydroxylation sites is 1. The molecule has 0 aliphatic heterocycles. The van der Waals surface area contributed by atoms with E-state index in [0.29, 0.717) is 33.7 Å². The number of nitrogens with one attached hydrogen (secondary N) is 1. The smallest absolute Gasteiger partial charge is 0.251 e. The Bertz CT molecular complexity index is 1310. The summed E-state index contributed by atoms with van der Waals surface area (Å²) in [6.45, 7) is 4.01. The number of benzene rings is 3. The van der Waals surface area contributed by atoms with E-state index in [1.165, 1.54) is 17.8 Å². The highest BCUT2D eigenvalue weighted by Gasteiger charge is 2.19. The van der Waals surface area contributed by atoms with Gasteiger partial charge in [0.2, 0.25) is 0 Å². The van der Waals surface area contributed by atoms with Gasteiger partial charge in [0.25, 0.3) is 5.91 Å². The lowest BCUT2D eigenvalue weighted by Crippen LogP contribution is -2.31. The molecule has 6 nitrogen and oxygen atoms in total. The topological polar surface area (TPSA) is 69.0 Å². The van der Waals surface area contributed by atoms with Crippen molar-refractivity contribution in [3.63, 3.8) is 0 Å². The van der Waals surface area contributed by atoms with Gasteiger partial charge in [-0.05, 0) is 55.3 Å². The average molecular weight is 491 g/mol. The van der Waals surface area contributed by atoms with Gasteiger partial charge in [-0.2, -0.15) is 0 Å². The molecule has 4 aromatic rings. The van der Waals surface area contributed by atoms with Crippen molar-refractivity contribution in [1.29, 1.82) is 0 Å². The van der Waals surface area contributed by atoms with E-state index in [9.17, 15) is 9.18 Å². The summed E-state index contributed by atoms with van der Waals surface area (Å²) in [4.78, 5) is 12.3. The highest BCUT2D eigenvalue weighted by Crippen LogP contribution is 2.32. The molecule has 0 bridgehead atoms. The van der Waals surface area contributed by atoms with Gasteiger partial charge < -0.3 is 10.1 Å². The molecule has 0 aliphatic carbocycles. The van der Waals surface area contributed by atoms with Gasteiger partial charge in [-0.3, -0.25) is 9.36 Å². The van der Waals surface area contributed by atoms with E-state index in [2.05, 4.69) is 15.5 Å². The van der Waals surface area contributed by atoms with Crippen LogP contribution in [-0.2, 0) is 5.75 Å². The summed E-state index contributed by atoms with van der Waals surface area (Å²) in [5.74, 6) is 1.33. The molecule has 3 aromatic carbocycles. The number of carbonyl (C=O) groups excluding carboxylic acids is 1. The molecular weight excluding hydrogens is 463 g/mol. The molecular formula is C27H27FN4O2S. The first-order valence-electron chi connectivity index (χ1n) is 11.4. The predicted octanol–water partition coefficient (Wildman–Crippen LogP) is 5.90. The van der Waals surface area contributed by atoms with Gasteiger partial charge in [-0.15, -0.1) is 10.2 Å². The fraction of sp³-hybridized carbons (Fsp3) is 0.222. The number of nitrogens with zero attached hydrogens (tertiary/aromatic N) is 3. The molecule has 0 fully saturated rings. The minimum atomic E-state index is -0.366. The van der Waals surface area contributed by atoms with E-state index in [1.54, 1.807) is 29.9 Å². The molecule has 1 heterocycles. The van der Waals surface area contributed by atoms with Gasteiger partial charge in [0.15, 0.2) is 11.0 Å². The Hall–Kier alpha value is -3.65. The Morgan fingerprint density at radius 3 is 2.57 bits per heavy atom. The highest BCUT2D eigenvalue weighted by molar-refractivity contribution is 7.98. The van der Waals surface area contributed by atoms with E-state index in [0.717, 1.165) is 17.5 Å². The molecule has 0 spiro atoms. The van der Waals surface area contributed by atoms with E-state index in [4.69, 9.17) is 4.74 Å². The van der Waals surface area contributed by atoms with Crippen LogP contribution >= 0.6 is 11.8 Å². The molecule has 35 heavy (non-hydrogen) atoms. The largest absolute Gasteiger partial charge is 0.497 e. The second-order valence-corrected chi connectivity index (χ2v) is 9.04. The zero-order valence-corrected chi connectivity index (χ0v) is 20.7. The van der Waals surface area contributed by atoms with Crippen molar-refractivity contribution in [2.24, 2.45) is 0 Å². The van der Waals surface area contributed by atoms with Gasteiger partial charge in [-0.25, -0.2) is 4.39 Å². The molecule has 180 valence electrons. The van der Waals surface area contributed by atoms with Crippen LogP contribution in [0.3, 0.4) is 0 Å². The molecule has 1 amide bonds. The quantitative estimate of drug-likeness (QED) is 0.296. The molecule has 0 saturated heterocycles. The summed E-state index contributed by atoms with van der Waals surface area (Å²) < 4.78 is 21.9. The summed E-state index contributed by atoms with van der Waals surface area (Å²) in [5, 5.41) is 12.3. The average Bonchev–Trinajstić information content (AvgIpc) is 3.31. The van der Waals surface area contributed by atoms with Crippen LogP contribution in [0.4, 0.5) is 4.39 Å². The first-order valence-corrected chi connectivity index (χ1v) is 12.4. The van der Waals surface area contributed by atoms with Crippen LogP contribution in [0.25, 0.3) is 17.1 Å². The Morgan fingerprint density at radius 2 is 1.86 bits per heavy atom. The summed E-state index contributed by atoms with van der Waals surface area (Å²) in [6, 6.07) is 21.6. The molecule has 1 N–H and O–H groups in total. The van der Waals surface area contributed by atoms with Crippen LogP contribution in [0.15, 0.2) is 78.0 Å². The number of methoxy groups -OCH3 is 1. The normalized spacial score (nSPS) is 11.8. The van der Waals surface area contributed by atoms with Gasteiger partial charge in [0, 0.05) is 22.9 Å². The van der Waals surface area contributed by atoms with E-state index in [-0.39, 0.29) is 17.8 Å². The zero-order valence-electron chi connectivity index (χ0n) is 19.9. The zero-order chi connectivity index (χ0) is 24.8. The number of halogens is 1. The third kappa shape index (κ3) is 5.71. The van der Waals surface area contributed by atoms with E-state index >= 15 is 0 Å². The first kappa shape index (κ1) is 24.5. The highest BCUT2D eigenvalue weighted by atomic mass is 32.2. The van der Waals surface area contributed by atoms with Crippen LogP contribution in [0, 0.1) is 5.82 Å². The van der Waals surface area contributed by atoms with Crippen LogP contribution in [0.5, 0.6) is 5.75 Å². The number of thioether (sulfide) groups is 1. The van der Waals surface area contributed by atoms with Gasteiger partial charge in [0.1, 0.15) is 11.6 Å². The van der Waals surface area contributed by atoms with E-state index < -0.39 is 0 Å². The molecule has 1 aromatic heterocycles. The summed E-state index contributed by atoms with van der Waals surface area (Å²) in [5.41, 5.74) is 2.77. The van der Waals surface area contributed by atoms with Crippen LogP contribution in [0.2, 0.25) is 0 Å². The first-order chi connectivity index (χ1) is 17.0. The maximum Gasteiger partial charge on any atom is 0.251 e. The van der Waals surface area contributed by atoms with Crippen molar-refractivity contribution >= 4 is 17.7 Å². The summed E-state index contributed by atoms with van der Waals surface area (Å²) in [6.07, 6.45) is 0.876. The molecule has 1 unspecified atom stereocenters. The lowest BCUT2D eigenvalue weighted by atomic mass is 10.1. The van der Waals surface area contributed by atoms with Crippen LogP contribution in [0.1, 0.15) is 36.2 Å². The molecule has 0 saturated carbocycles. The van der Waals surface area contributed by atoms with Crippen molar-refractivity contribution in [2.75, 3.05) is 7.11 Å². The van der Waals surface area contributed by atoms with Crippen molar-refractivity contribution in [3.8, 4) is 22.8 Å². The minimum Gasteiger partial charge on any atom is -0.497 e. The van der Waals surface area contributed by atoms with Crippen molar-refractivity contribution in [3.05, 3.63) is 89.7 Å². The Balaban J connectivity index is 1.60. The lowest BCUT2D eigenvalue weighted by Gasteiger charge is -2.12. The van der Waals surface area contributed by atoms with Gasteiger partial charge in [-0.1, -0.05) is 55.1 Å². The summed E-state index contributed by atoms with van der Waals surface area (Å²) in [7, 11) is 1.60. The monoisotopic (exact) mass is 490 g/mol. The second-order valence-electron chi connectivity index (χ2n) is 8.09. The van der Waals surface area contributed by atoms with Crippen molar-refractivity contribution < 1.29 is 13.9 Å². The number of aromatic nitrogens is 3. The predicted molar refractivity (Wildman–Crippen MR) is 137 cm³/mol. The van der Waals surface area contributed by atoms with Gasteiger partial charge in [0.05, 0.1) is 12.8 Å². The number of ether oxygens (including phenoxy) is 1. The lowest BCUT2D eigenvalue weighted by molar-refractivity contribution is 0.0939. The molecule has 4 rings (SSSR count). The van der Waals surface area contributed by atoms with Crippen LogP contribution in [-0.4, -0.2) is 33.8 Å². The molecule has 0 aliphatic rings. The second kappa shape index (κ2) is 11.2. The number of rotatable bonds is 9. The standard InChI is InChI=1S/C27H27FN4O2S/c1-4-18(2)29-26(33)20-14-12-19(13-15-20)17-35-27-31-30-25(21-8-7-9-22(16-21)34-3)32(27)24-11-6-5-10-23(24)28/h5-16,18H,4,17H2,1-3H3,(H,29,33). The number of amides is 1. The Morgan fingerprint density at radius 1 is 1.09 bits per heavy atom. The molecule has 0 radical (unpaired) electrons. The maximum absolute atomic E-state index is 14.8. The number of hydrogen-bond donors (Lipinski definition) is 1. The van der Waals surface area contributed by atoms with E-state index in [1.807, 2.05) is 62.4 Å².